The summed E-state index contributed by atoms with van der Waals surface area (Å²) in [5, 5.41) is 5.55. The Balaban J connectivity index is 1.99. The average Bonchev–Trinajstić information content (AvgIpc) is 2.95. The van der Waals surface area contributed by atoms with Gasteiger partial charge < -0.3 is 25.7 Å². The molecule has 0 atom stereocenters. The van der Waals surface area contributed by atoms with Crippen LogP contribution in [0.4, 0.5) is 10.6 Å². The van der Waals surface area contributed by atoms with Crippen molar-refractivity contribution in [3.63, 3.8) is 0 Å². The zero-order valence-corrected chi connectivity index (χ0v) is 17.1. The molecule has 0 aliphatic heterocycles. The summed E-state index contributed by atoms with van der Waals surface area (Å²) in [6.45, 7) is 12.2. The number of aromatic nitrogens is 3. The van der Waals surface area contributed by atoms with Gasteiger partial charge in [0.05, 0.1) is 18.7 Å². The molecule has 4 N–H and O–H groups in total. The fraction of sp³-hybridized carbons (Fsp3) is 0.632. The van der Waals surface area contributed by atoms with Gasteiger partial charge in [-0.05, 0) is 39.7 Å². The zero-order chi connectivity index (χ0) is 20.0. The standard InChI is InChI=1S/C19H32N6O2/c1-6-7-15-24-16-17(13(4)14(5)23-18(16)20)25(15)9-11-27-10-8-21-19(26)22-12(2)3/h12H,6-11H2,1-5H3,(H2,20,23)(H2,21,22,26). The number of nitrogen functional groups attached to an aromatic ring is 1. The third-order valence-electron chi connectivity index (χ3n) is 4.36. The van der Waals surface area contributed by atoms with Gasteiger partial charge in [-0.2, -0.15) is 0 Å². The van der Waals surface area contributed by atoms with Gasteiger partial charge >= 0.3 is 6.03 Å². The molecule has 0 unspecified atom stereocenters. The lowest BCUT2D eigenvalue weighted by Gasteiger charge is -2.13. The van der Waals surface area contributed by atoms with E-state index in [0.717, 1.165) is 41.0 Å². The lowest BCUT2D eigenvalue weighted by molar-refractivity contribution is 0.128. The first-order valence-electron chi connectivity index (χ1n) is 9.59. The Hall–Kier alpha value is -2.35. The number of ether oxygens (including phenoxy) is 1. The molecule has 0 radical (unpaired) electrons. The number of hydrogen-bond acceptors (Lipinski definition) is 5. The molecular weight excluding hydrogens is 344 g/mol. The van der Waals surface area contributed by atoms with Crippen LogP contribution < -0.4 is 16.4 Å². The van der Waals surface area contributed by atoms with E-state index in [9.17, 15) is 4.79 Å². The Morgan fingerprint density at radius 2 is 2.00 bits per heavy atom. The molecule has 0 saturated carbocycles. The van der Waals surface area contributed by atoms with Gasteiger partial charge in [-0.3, -0.25) is 0 Å². The van der Waals surface area contributed by atoms with Gasteiger partial charge in [0.1, 0.15) is 11.3 Å². The van der Waals surface area contributed by atoms with Crippen LogP contribution in [0.2, 0.25) is 0 Å². The number of carbonyl (C=O) groups excluding carboxylic acids is 1. The van der Waals surface area contributed by atoms with Crippen molar-refractivity contribution < 1.29 is 9.53 Å². The van der Waals surface area contributed by atoms with E-state index in [1.165, 1.54) is 0 Å². The van der Waals surface area contributed by atoms with Crippen LogP contribution in [0.15, 0.2) is 0 Å². The van der Waals surface area contributed by atoms with Crippen LogP contribution in [-0.4, -0.2) is 46.4 Å². The second-order valence-corrected chi connectivity index (χ2v) is 7.00. The lowest BCUT2D eigenvalue weighted by atomic mass is 10.2. The molecule has 0 bridgehead atoms. The summed E-state index contributed by atoms with van der Waals surface area (Å²) in [7, 11) is 0. The van der Waals surface area contributed by atoms with E-state index < -0.39 is 0 Å². The van der Waals surface area contributed by atoms with Crippen LogP contribution in [0.5, 0.6) is 0 Å². The summed E-state index contributed by atoms with van der Waals surface area (Å²) in [5.41, 5.74) is 9.93. The molecule has 8 heteroatoms. The molecule has 2 heterocycles. The van der Waals surface area contributed by atoms with E-state index in [-0.39, 0.29) is 12.1 Å². The predicted molar refractivity (Wildman–Crippen MR) is 108 cm³/mol. The molecule has 2 aromatic rings. The SMILES string of the molecule is CCCc1nc2c(N)nc(C)c(C)c2n1CCOCCNC(=O)NC(C)C. The van der Waals surface area contributed by atoms with Crippen molar-refractivity contribution in [1.82, 2.24) is 25.2 Å². The summed E-state index contributed by atoms with van der Waals surface area (Å²) in [5.74, 6) is 1.48. The number of carbonyl (C=O) groups is 1. The molecule has 0 spiro atoms. The summed E-state index contributed by atoms with van der Waals surface area (Å²) in [6.07, 6.45) is 1.88. The molecule has 0 fully saturated rings. The summed E-state index contributed by atoms with van der Waals surface area (Å²) in [4.78, 5) is 20.7. The van der Waals surface area contributed by atoms with Crippen molar-refractivity contribution in [3.8, 4) is 0 Å². The van der Waals surface area contributed by atoms with Crippen molar-refractivity contribution in [1.29, 1.82) is 0 Å². The van der Waals surface area contributed by atoms with E-state index in [1.54, 1.807) is 0 Å². The number of anilines is 1. The number of fused-ring (bicyclic) bond motifs is 1. The van der Waals surface area contributed by atoms with Gasteiger partial charge in [0.2, 0.25) is 0 Å². The average molecular weight is 377 g/mol. The largest absolute Gasteiger partial charge is 0.382 e. The molecule has 2 rings (SSSR count). The number of nitrogens with two attached hydrogens (primary N) is 1. The van der Waals surface area contributed by atoms with Crippen LogP contribution in [0.25, 0.3) is 11.0 Å². The minimum Gasteiger partial charge on any atom is -0.382 e. The highest BCUT2D eigenvalue weighted by Gasteiger charge is 2.17. The highest BCUT2D eigenvalue weighted by atomic mass is 16.5. The molecule has 0 aromatic carbocycles. The van der Waals surface area contributed by atoms with Gasteiger partial charge in [0.15, 0.2) is 5.82 Å². The third kappa shape index (κ3) is 5.32. The first-order valence-corrected chi connectivity index (χ1v) is 9.59. The molecule has 150 valence electrons. The van der Waals surface area contributed by atoms with E-state index >= 15 is 0 Å². The number of rotatable bonds is 9. The number of imidazole rings is 1. The van der Waals surface area contributed by atoms with E-state index in [1.807, 2.05) is 20.8 Å². The lowest BCUT2D eigenvalue weighted by Crippen LogP contribution is -2.40. The third-order valence-corrected chi connectivity index (χ3v) is 4.36. The number of nitrogens with one attached hydrogen (secondary N) is 2. The Morgan fingerprint density at radius 1 is 1.26 bits per heavy atom. The number of nitrogens with zero attached hydrogens (tertiary/aromatic N) is 3. The van der Waals surface area contributed by atoms with Crippen molar-refractivity contribution in [2.75, 3.05) is 25.5 Å². The molecule has 0 aliphatic carbocycles. The topological polar surface area (TPSA) is 107 Å². The maximum atomic E-state index is 11.5. The van der Waals surface area contributed by atoms with Crippen LogP contribution in [0, 0.1) is 13.8 Å². The zero-order valence-electron chi connectivity index (χ0n) is 17.1. The molecule has 8 nitrogen and oxygen atoms in total. The number of urea groups is 1. The first kappa shape index (κ1) is 21.0. The Kier molecular flexibility index (Phi) is 7.41. The second-order valence-electron chi connectivity index (χ2n) is 7.00. The highest BCUT2D eigenvalue weighted by molar-refractivity contribution is 5.88. The Bertz CT molecular complexity index is 784. The fourth-order valence-electron chi connectivity index (χ4n) is 3.01. The van der Waals surface area contributed by atoms with Gasteiger partial charge in [0.25, 0.3) is 0 Å². The van der Waals surface area contributed by atoms with Crippen molar-refractivity contribution in [3.05, 3.63) is 17.1 Å². The molecule has 0 aliphatic rings. The fourth-order valence-corrected chi connectivity index (χ4v) is 3.01. The first-order chi connectivity index (χ1) is 12.8. The smallest absolute Gasteiger partial charge is 0.315 e. The van der Waals surface area contributed by atoms with Crippen LogP contribution >= 0.6 is 0 Å². The predicted octanol–water partition coefficient (Wildman–Crippen LogP) is 2.31. The maximum Gasteiger partial charge on any atom is 0.315 e. The maximum absolute atomic E-state index is 11.5. The molecule has 0 saturated heterocycles. The summed E-state index contributed by atoms with van der Waals surface area (Å²) < 4.78 is 7.90. The van der Waals surface area contributed by atoms with E-state index in [0.29, 0.717) is 32.1 Å². The van der Waals surface area contributed by atoms with Crippen LogP contribution in [0.3, 0.4) is 0 Å². The van der Waals surface area contributed by atoms with Crippen molar-refractivity contribution in [2.45, 2.75) is 60.0 Å². The monoisotopic (exact) mass is 376 g/mol. The van der Waals surface area contributed by atoms with Crippen LogP contribution in [0.1, 0.15) is 44.3 Å². The number of amides is 2. The van der Waals surface area contributed by atoms with Gasteiger partial charge in [-0.1, -0.05) is 6.92 Å². The van der Waals surface area contributed by atoms with Crippen molar-refractivity contribution >= 4 is 22.9 Å². The Morgan fingerprint density at radius 3 is 2.67 bits per heavy atom. The van der Waals surface area contributed by atoms with Crippen LogP contribution in [-0.2, 0) is 17.7 Å². The number of aryl methyl sites for hydroxylation is 3. The van der Waals surface area contributed by atoms with Gasteiger partial charge in [0, 0.05) is 31.2 Å². The molecule has 2 aromatic heterocycles. The van der Waals surface area contributed by atoms with Gasteiger partial charge in [-0.25, -0.2) is 14.8 Å². The molecule has 2 amide bonds. The molecular formula is C19H32N6O2. The van der Waals surface area contributed by atoms with Crippen molar-refractivity contribution in [2.24, 2.45) is 0 Å². The quantitative estimate of drug-likeness (QED) is 0.582. The van der Waals surface area contributed by atoms with E-state index in [2.05, 4.69) is 34.0 Å². The number of hydrogen-bond donors (Lipinski definition) is 3. The minimum atomic E-state index is -0.173. The Labute approximate surface area is 160 Å². The normalized spacial score (nSPS) is 11.3. The number of pyridine rings is 1. The summed E-state index contributed by atoms with van der Waals surface area (Å²) >= 11 is 0. The van der Waals surface area contributed by atoms with E-state index in [4.69, 9.17) is 15.5 Å². The highest BCUT2D eigenvalue weighted by Crippen LogP contribution is 2.26. The summed E-state index contributed by atoms with van der Waals surface area (Å²) in [6, 6.07) is -0.0560. The molecule has 27 heavy (non-hydrogen) atoms. The minimum absolute atomic E-state index is 0.117. The van der Waals surface area contributed by atoms with Gasteiger partial charge in [-0.15, -0.1) is 0 Å². The second kappa shape index (κ2) is 9.55.